The van der Waals surface area contributed by atoms with Crippen molar-refractivity contribution in [1.82, 2.24) is 15.0 Å². The van der Waals surface area contributed by atoms with E-state index < -0.39 is 11.4 Å². The van der Waals surface area contributed by atoms with E-state index in [-0.39, 0.29) is 5.92 Å². The molecule has 3 aliphatic rings. The zero-order valence-electron chi connectivity index (χ0n) is 13.7. The van der Waals surface area contributed by atoms with Gasteiger partial charge in [-0.05, 0) is 19.8 Å². The molecule has 0 radical (unpaired) electrons. The molecule has 1 N–H and O–H groups in total. The van der Waals surface area contributed by atoms with Crippen molar-refractivity contribution in [3.8, 4) is 0 Å². The van der Waals surface area contributed by atoms with Gasteiger partial charge in [-0.3, -0.25) is 14.6 Å². The first-order valence-electron chi connectivity index (χ1n) is 8.69. The van der Waals surface area contributed by atoms with Crippen molar-refractivity contribution < 1.29 is 14.4 Å². The third-order valence-corrected chi connectivity index (χ3v) is 6.03. The van der Waals surface area contributed by atoms with Gasteiger partial charge in [0.15, 0.2) is 5.76 Å². The van der Waals surface area contributed by atoms with Gasteiger partial charge in [0.05, 0.1) is 17.7 Å². The first-order valence-corrected chi connectivity index (χ1v) is 8.69. The molecule has 2 atom stereocenters. The topological polar surface area (TPSA) is 69.8 Å². The van der Waals surface area contributed by atoms with E-state index in [0.29, 0.717) is 25.7 Å². The number of nitrogens with zero attached hydrogens (tertiary/aromatic N) is 3. The van der Waals surface area contributed by atoms with Gasteiger partial charge in [0, 0.05) is 44.2 Å². The summed E-state index contributed by atoms with van der Waals surface area (Å²) in [6.07, 6.45) is 5.07. The van der Waals surface area contributed by atoms with Crippen molar-refractivity contribution in [3.63, 3.8) is 0 Å². The van der Waals surface area contributed by atoms with E-state index in [2.05, 4.69) is 15.0 Å². The van der Waals surface area contributed by atoms with Crippen LogP contribution in [0.15, 0.2) is 10.6 Å². The lowest BCUT2D eigenvalue weighted by atomic mass is 9.81. The molecule has 2 aliphatic heterocycles. The highest BCUT2D eigenvalue weighted by Gasteiger charge is 2.58. The van der Waals surface area contributed by atoms with Crippen LogP contribution in [0.4, 0.5) is 0 Å². The number of aryl methyl sites for hydroxylation is 1. The smallest absolute Gasteiger partial charge is 0.312 e. The Bertz CT molecular complexity index is 596. The molecule has 1 aliphatic carbocycles. The van der Waals surface area contributed by atoms with E-state index in [1.54, 1.807) is 0 Å². The van der Waals surface area contributed by atoms with Crippen molar-refractivity contribution in [1.29, 1.82) is 0 Å². The molecule has 1 aromatic heterocycles. The molecule has 1 saturated carbocycles. The Morgan fingerprint density at radius 1 is 1.39 bits per heavy atom. The second-order valence-electron chi connectivity index (χ2n) is 7.63. The van der Waals surface area contributed by atoms with Crippen LogP contribution in [0, 0.1) is 18.3 Å². The summed E-state index contributed by atoms with van der Waals surface area (Å²) in [5, 5.41) is 13.9. The van der Waals surface area contributed by atoms with Crippen LogP contribution >= 0.6 is 0 Å². The Hall–Kier alpha value is -1.40. The lowest BCUT2D eigenvalue weighted by Crippen LogP contribution is -2.42. The summed E-state index contributed by atoms with van der Waals surface area (Å²) < 4.78 is 5.29. The van der Waals surface area contributed by atoms with Gasteiger partial charge in [-0.1, -0.05) is 18.0 Å². The van der Waals surface area contributed by atoms with Crippen LogP contribution in [-0.4, -0.2) is 58.3 Å². The summed E-state index contributed by atoms with van der Waals surface area (Å²) in [7, 11) is 0. The van der Waals surface area contributed by atoms with Crippen LogP contribution in [0.25, 0.3) is 0 Å². The molecule has 1 aromatic rings. The van der Waals surface area contributed by atoms with E-state index in [1.807, 2.05) is 13.0 Å². The minimum Gasteiger partial charge on any atom is -0.481 e. The number of likely N-dealkylation sites (tertiary alicyclic amines) is 2. The van der Waals surface area contributed by atoms with Gasteiger partial charge in [0.2, 0.25) is 0 Å². The Labute approximate surface area is 136 Å². The maximum Gasteiger partial charge on any atom is 0.312 e. The van der Waals surface area contributed by atoms with Crippen molar-refractivity contribution in [2.24, 2.45) is 11.3 Å². The van der Waals surface area contributed by atoms with Crippen molar-refractivity contribution in [2.45, 2.75) is 45.2 Å². The summed E-state index contributed by atoms with van der Waals surface area (Å²) in [5.41, 5.74) is 0.275. The minimum absolute atomic E-state index is 0.226. The standard InChI is InChI=1S/C17H25N3O3/c1-12-6-15(23-18-12)9-19-7-13-8-20(14-4-2-3-5-14)11-17(13,10-19)16(21)22/h6,13-14H,2-5,7-11H2,1H3,(H,21,22). The number of aromatic nitrogens is 1. The molecule has 3 heterocycles. The van der Waals surface area contributed by atoms with Crippen LogP contribution in [0.5, 0.6) is 0 Å². The number of rotatable bonds is 4. The fraction of sp³-hybridized carbons (Fsp3) is 0.765. The van der Waals surface area contributed by atoms with E-state index in [4.69, 9.17) is 4.52 Å². The zero-order valence-corrected chi connectivity index (χ0v) is 13.7. The first kappa shape index (κ1) is 15.1. The molecule has 6 heteroatoms. The number of hydrogen-bond acceptors (Lipinski definition) is 5. The molecule has 4 rings (SSSR count). The van der Waals surface area contributed by atoms with E-state index in [1.165, 1.54) is 25.7 Å². The molecule has 126 valence electrons. The van der Waals surface area contributed by atoms with E-state index >= 15 is 0 Å². The lowest BCUT2D eigenvalue weighted by Gasteiger charge is -2.28. The maximum absolute atomic E-state index is 12.1. The first-order chi connectivity index (χ1) is 11.1. The lowest BCUT2D eigenvalue weighted by molar-refractivity contribution is -0.149. The van der Waals surface area contributed by atoms with Gasteiger partial charge in [-0.2, -0.15) is 0 Å². The fourth-order valence-corrected chi connectivity index (χ4v) is 4.89. The highest BCUT2D eigenvalue weighted by molar-refractivity contribution is 5.77. The van der Waals surface area contributed by atoms with Gasteiger partial charge in [0.25, 0.3) is 0 Å². The van der Waals surface area contributed by atoms with Gasteiger partial charge >= 0.3 is 5.97 Å². The van der Waals surface area contributed by atoms with Gasteiger partial charge in [0.1, 0.15) is 0 Å². The quantitative estimate of drug-likeness (QED) is 0.912. The predicted molar refractivity (Wildman–Crippen MR) is 83.9 cm³/mol. The summed E-state index contributed by atoms with van der Waals surface area (Å²) in [6, 6.07) is 2.55. The molecule has 23 heavy (non-hydrogen) atoms. The summed E-state index contributed by atoms with van der Waals surface area (Å²) >= 11 is 0. The molecular formula is C17H25N3O3. The van der Waals surface area contributed by atoms with E-state index in [9.17, 15) is 9.90 Å². The highest BCUT2D eigenvalue weighted by atomic mass is 16.5. The van der Waals surface area contributed by atoms with Crippen molar-refractivity contribution in [2.75, 3.05) is 26.2 Å². The molecule has 0 bridgehead atoms. The zero-order chi connectivity index (χ0) is 16.0. The molecule has 6 nitrogen and oxygen atoms in total. The molecule has 0 aromatic carbocycles. The van der Waals surface area contributed by atoms with Gasteiger partial charge < -0.3 is 9.63 Å². The predicted octanol–water partition coefficient (Wildman–Crippen LogP) is 1.74. The number of carboxylic acid groups (broad SMARTS) is 1. The van der Waals surface area contributed by atoms with Crippen LogP contribution in [0.2, 0.25) is 0 Å². The fourth-order valence-electron chi connectivity index (χ4n) is 4.89. The Morgan fingerprint density at radius 3 is 2.78 bits per heavy atom. The van der Waals surface area contributed by atoms with Gasteiger partial charge in [-0.15, -0.1) is 0 Å². The third-order valence-electron chi connectivity index (χ3n) is 6.03. The average molecular weight is 319 g/mol. The summed E-state index contributed by atoms with van der Waals surface area (Å²) in [4.78, 5) is 16.8. The van der Waals surface area contributed by atoms with Gasteiger partial charge in [-0.25, -0.2) is 0 Å². The largest absolute Gasteiger partial charge is 0.481 e. The summed E-state index contributed by atoms with van der Waals surface area (Å²) in [6.45, 7) is 5.68. The third kappa shape index (κ3) is 2.58. The minimum atomic E-state index is -0.626. The number of carbonyl (C=O) groups is 1. The molecule has 0 spiro atoms. The van der Waals surface area contributed by atoms with Crippen molar-refractivity contribution >= 4 is 5.97 Å². The second kappa shape index (κ2) is 5.60. The second-order valence-corrected chi connectivity index (χ2v) is 7.63. The van der Waals surface area contributed by atoms with Crippen LogP contribution in [-0.2, 0) is 11.3 Å². The van der Waals surface area contributed by atoms with Crippen molar-refractivity contribution in [3.05, 3.63) is 17.5 Å². The number of hydrogen-bond donors (Lipinski definition) is 1. The Balaban J connectivity index is 1.47. The molecular weight excluding hydrogens is 294 g/mol. The maximum atomic E-state index is 12.1. The molecule has 3 fully saturated rings. The Kier molecular flexibility index (Phi) is 3.69. The summed E-state index contributed by atoms with van der Waals surface area (Å²) in [5.74, 6) is 0.430. The average Bonchev–Trinajstić information content (AvgIpc) is 3.21. The molecule has 2 unspecified atom stereocenters. The highest BCUT2D eigenvalue weighted by Crippen LogP contribution is 2.45. The van der Waals surface area contributed by atoms with E-state index in [0.717, 1.165) is 24.5 Å². The number of aliphatic carboxylic acids is 1. The number of carboxylic acids is 1. The number of fused-ring (bicyclic) bond motifs is 1. The van der Waals surface area contributed by atoms with Crippen LogP contribution in [0.1, 0.15) is 37.1 Å². The molecule has 2 saturated heterocycles. The SMILES string of the molecule is Cc1cc(CN2CC3CN(C4CCCC4)CC3(C(=O)O)C2)on1. The van der Waals surface area contributed by atoms with Crippen LogP contribution < -0.4 is 0 Å². The van der Waals surface area contributed by atoms with Crippen LogP contribution in [0.3, 0.4) is 0 Å². The molecule has 0 amide bonds. The Morgan fingerprint density at radius 2 is 2.17 bits per heavy atom. The monoisotopic (exact) mass is 319 g/mol. The normalized spacial score (nSPS) is 32.7.